The molecule has 26 heavy (non-hydrogen) atoms. The van der Waals surface area contributed by atoms with Gasteiger partial charge in [-0.1, -0.05) is 30.3 Å². The van der Waals surface area contributed by atoms with Crippen LogP contribution in [0.25, 0.3) is 20.7 Å². The number of anilines is 1. The largest absolute Gasteiger partial charge is 0.394 e. The van der Waals surface area contributed by atoms with Gasteiger partial charge in [-0.05, 0) is 23.8 Å². The van der Waals surface area contributed by atoms with Crippen LogP contribution >= 0.6 is 11.3 Å². The molecule has 0 aliphatic rings. The first-order valence-electron chi connectivity index (χ1n) is 8.03. The van der Waals surface area contributed by atoms with E-state index in [1.54, 1.807) is 6.07 Å². The van der Waals surface area contributed by atoms with Crippen molar-refractivity contribution in [3.05, 3.63) is 72.6 Å². The highest BCUT2D eigenvalue weighted by Crippen LogP contribution is 2.36. The fourth-order valence-corrected chi connectivity index (χ4v) is 3.76. The molecule has 1 aromatic carbocycles. The lowest BCUT2D eigenvalue weighted by Gasteiger charge is -2.17. The maximum Gasteiger partial charge on any atom is 0.212 e. The van der Waals surface area contributed by atoms with Gasteiger partial charge in [0.1, 0.15) is 12.1 Å². The van der Waals surface area contributed by atoms with Gasteiger partial charge in [0, 0.05) is 16.6 Å². The molecule has 130 valence electrons. The Labute approximate surface area is 153 Å². The molecule has 0 saturated carbocycles. The minimum atomic E-state index is -0.509. The molecule has 7 heteroatoms. The summed E-state index contributed by atoms with van der Waals surface area (Å²) in [6.45, 7) is -0.0599. The average Bonchev–Trinajstić information content (AvgIpc) is 3.12. The van der Waals surface area contributed by atoms with Gasteiger partial charge in [-0.15, -0.1) is 11.3 Å². The van der Waals surface area contributed by atoms with Crippen molar-refractivity contribution >= 4 is 27.4 Å². The number of aliphatic hydroxyl groups excluding tert-OH is 1. The molecule has 0 fully saturated rings. The van der Waals surface area contributed by atoms with Crippen molar-refractivity contribution in [2.45, 2.75) is 6.04 Å². The minimum Gasteiger partial charge on any atom is -0.394 e. The van der Waals surface area contributed by atoms with Crippen LogP contribution in [-0.2, 0) is 0 Å². The molecular formula is C19H15FN4OS. The normalized spacial score (nSPS) is 12.2. The zero-order valence-corrected chi connectivity index (χ0v) is 14.4. The maximum atomic E-state index is 13.1. The van der Waals surface area contributed by atoms with E-state index >= 15 is 0 Å². The van der Waals surface area contributed by atoms with E-state index in [1.165, 1.54) is 29.9 Å². The van der Waals surface area contributed by atoms with Crippen molar-refractivity contribution in [2.24, 2.45) is 0 Å². The fraction of sp³-hybridized carbons (Fsp3) is 0.105. The molecule has 0 saturated heterocycles. The standard InChI is InChI=1S/C19H15FN4OS/c20-17-7-6-13(9-21-17)16-8-14-18(26-16)19(23-11-22-14)24-15(10-25)12-4-2-1-3-5-12/h1-9,11,15,25H,10H2,(H,22,23,24)/t15-/m1/s1. The summed E-state index contributed by atoms with van der Waals surface area (Å²) >= 11 is 1.50. The highest BCUT2D eigenvalue weighted by atomic mass is 32.1. The van der Waals surface area contributed by atoms with Gasteiger partial charge < -0.3 is 10.4 Å². The highest BCUT2D eigenvalue weighted by Gasteiger charge is 2.15. The summed E-state index contributed by atoms with van der Waals surface area (Å²) in [4.78, 5) is 13.3. The number of hydrogen-bond donors (Lipinski definition) is 2. The quantitative estimate of drug-likeness (QED) is 0.522. The molecule has 0 aliphatic carbocycles. The van der Waals surface area contributed by atoms with Gasteiger partial charge in [0.05, 0.1) is 22.9 Å². The fourth-order valence-electron chi connectivity index (χ4n) is 2.71. The average molecular weight is 366 g/mol. The van der Waals surface area contributed by atoms with Crippen LogP contribution in [0, 0.1) is 5.95 Å². The van der Waals surface area contributed by atoms with Gasteiger partial charge in [-0.25, -0.2) is 15.0 Å². The van der Waals surface area contributed by atoms with E-state index < -0.39 is 5.95 Å². The van der Waals surface area contributed by atoms with Crippen molar-refractivity contribution in [2.75, 3.05) is 11.9 Å². The Kier molecular flexibility index (Phi) is 4.55. The van der Waals surface area contributed by atoms with E-state index in [0.29, 0.717) is 5.82 Å². The molecule has 0 unspecified atom stereocenters. The Morgan fingerprint density at radius 3 is 2.65 bits per heavy atom. The van der Waals surface area contributed by atoms with E-state index in [-0.39, 0.29) is 12.6 Å². The number of thiophene rings is 1. The SMILES string of the molecule is OC[C@@H](Nc1ncnc2cc(-c3ccc(F)nc3)sc12)c1ccccc1. The second-order valence-electron chi connectivity index (χ2n) is 5.71. The number of fused-ring (bicyclic) bond motifs is 1. The molecule has 3 heterocycles. The Morgan fingerprint density at radius 2 is 1.92 bits per heavy atom. The zero-order valence-electron chi connectivity index (χ0n) is 13.6. The van der Waals surface area contributed by atoms with Crippen LogP contribution in [-0.4, -0.2) is 26.7 Å². The van der Waals surface area contributed by atoms with Gasteiger partial charge in [0.25, 0.3) is 0 Å². The third-order valence-corrected chi connectivity index (χ3v) is 5.20. The molecule has 0 amide bonds. The van der Waals surface area contributed by atoms with Gasteiger partial charge in [0.15, 0.2) is 0 Å². The molecule has 0 bridgehead atoms. The summed E-state index contributed by atoms with van der Waals surface area (Å²) in [6, 6.07) is 14.4. The minimum absolute atomic E-state index is 0.0599. The molecule has 0 aliphatic heterocycles. The molecule has 4 rings (SSSR count). The Bertz CT molecular complexity index is 1020. The smallest absolute Gasteiger partial charge is 0.212 e. The van der Waals surface area contributed by atoms with Crippen molar-refractivity contribution in [3.63, 3.8) is 0 Å². The van der Waals surface area contributed by atoms with Crippen LogP contribution in [0.3, 0.4) is 0 Å². The summed E-state index contributed by atoms with van der Waals surface area (Å²) in [7, 11) is 0. The third-order valence-electron chi connectivity index (χ3n) is 4.02. The van der Waals surface area contributed by atoms with E-state index in [1.807, 2.05) is 36.4 Å². The predicted molar refractivity (Wildman–Crippen MR) is 100 cm³/mol. The van der Waals surface area contributed by atoms with Gasteiger partial charge in [-0.3, -0.25) is 0 Å². The number of aliphatic hydroxyl groups is 1. The van der Waals surface area contributed by atoms with Crippen molar-refractivity contribution in [1.29, 1.82) is 0 Å². The summed E-state index contributed by atoms with van der Waals surface area (Å²) in [5, 5.41) is 13.1. The monoisotopic (exact) mass is 366 g/mol. The summed E-state index contributed by atoms with van der Waals surface area (Å²) < 4.78 is 13.9. The molecule has 5 nitrogen and oxygen atoms in total. The summed E-state index contributed by atoms with van der Waals surface area (Å²) in [5.41, 5.74) is 2.58. The number of aromatic nitrogens is 3. The Hall–Kier alpha value is -2.90. The maximum absolute atomic E-state index is 13.1. The number of nitrogens with zero attached hydrogens (tertiary/aromatic N) is 3. The predicted octanol–water partition coefficient (Wildman–Crippen LogP) is 4.04. The van der Waals surface area contributed by atoms with Crippen LogP contribution in [0.1, 0.15) is 11.6 Å². The first kappa shape index (κ1) is 16.6. The number of benzene rings is 1. The van der Waals surface area contributed by atoms with E-state index in [4.69, 9.17) is 0 Å². The molecule has 1 atom stereocenters. The lowest BCUT2D eigenvalue weighted by Crippen LogP contribution is -2.15. The van der Waals surface area contributed by atoms with Crippen LogP contribution in [0.5, 0.6) is 0 Å². The molecular weight excluding hydrogens is 351 g/mol. The molecule has 0 spiro atoms. The number of halogens is 1. The third kappa shape index (κ3) is 3.26. The molecule has 4 aromatic rings. The zero-order chi connectivity index (χ0) is 17.9. The molecule has 3 aromatic heterocycles. The van der Waals surface area contributed by atoms with Crippen molar-refractivity contribution in [1.82, 2.24) is 15.0 Å². The van der Waals surface area contributed by atoms with Crippen LogP contribution < -0.4 is 5.32 Å². The topological polar surface area (TPSA) is 70.9 Å². The molecule has 2 N–H and O–H groups in total. The van der Waals surface area contributed by atoms with Gasteiger partial charge >= 0.3 is 0 Å². The van der Waals surface area contributed by atoms with Crippen LogP contribution in [0.2, 0.25) is 0 Å². The van der Waals surface area contributed by atoms with Crippen LogP contribution in [0.4, 0.5) is 10.2 Å². The second-order valence-corrected chi connectivity index (χ2v) is 6.76. The van der Waals surface area contributed by atoms with Gasteiger partial charge in [0.2, 0.25) is 5.95 Å². The lowest BCUT2D eigenvalue weighted by molar-refractivity contribution is 0.276. The Morgan fingerprint density at radius 1 is 1.08 bits per heavy atom. The van der Waals surface area contributed by atoms with Crippen molar-refractivity contribution in [3.8, 4) is 10.4 Å². The highest BCUT2D eigenvalue weighted by molar-refractivity contribution is 7.22. The molecule has 0 radical (unpaired) electrons. The lowest BCUT2D eigenvalue weighted by atomic mass is 10.1. The number of rotatable bonds is 5. The number of hydrogen-bond acceptors (Lipinski definition) is 6. The van der Waals surface area contributed by atoms with E-state index in [0.717, 1.165) is 26.2 Å². The van der Waals surface area contributed by atoms with Crippen LogP contribution in [0.15, 0.2) is 61.1 Å². The summed E-state index contributed by atoms with van der Waals surface area (Å²) in [5.74, 6) is 0.148. The van der Waals surface area contributed by atoms with E-state index in [9.17, 15) is 9.50 Å². The second kappa shape index (κ2) is 7.15. The Balaban J connectivity index is 1.70. The summed E-state index contributed by atoms with van der Waals surface area (Å²) in [6.07, 6.45) is 2.99. The first-order chi connectivity index (χ1) is 12.7. The number of nitrogens with one attached hydrogen (secondary N) is 1. The first-order valence-corrected chi connectivity index (χ1v) is 8.85. The van der Waals surface area contributed by atoms with Crippen molar-refractivity contribution < 1.29 is 9.50 Å². The van der Waals surface area contributed by atoms with Gasteiger partial charge in [-0.2, -0.15) is 4.39 Å². The number of pyridine rings is 1. The van der Waals surface area contributed by atoms with E-state index in [2.05, 4.69) is 20.3 Å².